The van der Waals surface area contributed by atoms with Gasteiger partial charge in [-0.15, -0.1) is 0 Å². The summed E-state index contributed by atoms with van der Waals surface area (Å²) in [6.45, 7) is 5.61. The molecule has 0 bridgehead atoms. The van der Waals surface area contributed by atoms with Gasteiger partial charge >= 0.3 is 0 Å². The largest absolute Gasteiger partial charge is 0.381 e. The molecule has 0 aromatic carbocycles. The number of carbonyl (C=O) groups is 1. The normalized spacial score (nSPS) is 31.1. The van der Waals surface area contributed by atoms with Gasteiger partial charge in [0.25, 0.3) is 0 Å². The summed E-state index contributed by atoms with van der Waals surface area (Å²) in [6.07, 6.45) is 4.21. The lowest BCUT2D eigenvalue weighted by atomic mass is 9.82. The molecule has 3 aliphatic rings. The van der Waals surface area contributed by atoms with Crippen LogP contribution in [0, 0.1) is 5.41 Å². The van der Waals surface area contributed by atoms with Gasteiger partial charge in [0.15, 0.2) is 0 Å². The molecular formula is C12H20N2O2. The highest BCUT2D eigenvalue weighted by Gasteiger charge is 2.56. The van der Waals surface area contributed by atoms with E-state index in [-0.39, 0.29) is 11.0 Å². The van der Waals surface area contributed by atoms with Gasteiger partial charge in [0, 0.05) is 19.8 Å². The molecule has 0 aromatic rings. The molecule has 0 aromatic heterocycles. The summed E-state index contributed by atoms with van der Waals surface area (Å²) in [5.41, 5.74) is 0.123. The maximum atomic E-state index is 12.1. The van der Waals surface area contributed by atoms with Gasteiger partial charge in [0.1, 0.15) is 0 Å². The Labute approximate surface area is 96.3 Å². The highest BCUT2D eigenvalue weighted by Crippen LogP contribution is 2.41. The highest BCUT2D eigenvalue weighted by atomic mass is 16.5. The van der Waals surface area contributed by atoms with E-state index in [2.05, 4.69) is 12.2 Å². The smallest absolute Gasteiger partial charge is 0.243 e. The predicted octanol–water partition coefficient (Wildman–Crippen LogP) is 0.725. The zero-order valence-electron chi connectivity index (χ0n) is 9.92. The highest BCUT2D eigenvalue weighted by molar-refractivity contribution is 5.91. The quantitative estimate of drug-likeness (QED) is 0.751. The minimum Gasteiger partial charge on any atom is -0.381 e. The van der Waals surface area contributed by atoms with Crippen LogP contribution < -0.4 is 5.32 Å². The lowest BCUT2D eigenvalue weighted by Crippen LogP contribution is -2.41. The Hall–Kier alpha value is -0.610. The summed E-state index contributed by atoms with van der Waals surface area (Å²) in [7, 11) is 0. The van der Waals surface area contributed by atoms with E-state index in [0.29, 0.717) is 5.91 Å². The van der Waals surface area contributed by atoms with Crippen LogP contribution in [0.25, 0.3) is 0 Å². The maximum Gasteiger partial charge on any atom is 0.243 e. The molecule has 2 saturated heterocycles. The van der Waals surface area contributed by atoms with Crippen molar-refractivity contribution in [3.63, 3.8) is 0 Å². The molecule has 1 aliphatic carbocycles. The van der Waals surface area contributed by atoms with Gasteiger partial charge < -0.3 is 9.64 Å². The van der Waals surface area contributed by atoms with E-state index in [1.165, 1.54) is 0 Å². The summed E-state index contributed by atoms with van der Waals surface area (Å²) < 4.78 is 5.39. The second-order valence-electron chi connectivity index (χ2n) is 5.84. The summed E-state index contributed by atoms with van der Waals surface area (Å²) in [6, 6.07) is 0. The Kier molecular flexibility index (Phi) is 2.27. The van der Waals surface area contributed by atoms with Crippen LogP contribution in [-0.4, -0.2) is 42.8 Å². The zero-order chi connectivity index (χ0) is 11.2. The van der Waals surface area contributed by atoms with Gasteiger partial charge in [-0.25, -0.2) is 0 Å². The summed E-state index contributed by atoms with van der Waals surface area (Å²) in [5, 5.41) is 3.36. The third-order valence-electron chi connectivity index (χ3n) is 4.33. The molecule has 4 heteroatoms. The monoisotopic (exact) mass is 224 g/mol. The fourth-order valence-electron chi connectivity index (χ4n) is 2.82. The average Bonchev–Trinajstić information content (AvgIpc) is 2.99. The molecule has 2 heterocycles. The molecule has 16 heavy (non-hydrogen) atoms. The summed E-state index contributed by atoms with van der Waals surface area (Å²) >= 11 is 0. The summed E-state index contributed by atoms with van der Waals surface area (Å²) in [4.78, 5) is 14.1. The van der Waals surface area contributed by atoms with Gasteiger partial charge in [-0.05, 0) is 31.1 Å². The van der Waals surface area contributed by atoms with Gasteiger partial charge in [-0.1, -0.05) is 6.92 Å². The molecule has 1 N–H and O–H groups in total. The number of rotatable bonds is 2. The Balaban J connectivity index is 1.64. The first-order valence-corrected chi connectivity index (χ1v) is 6.26. The fourth-order valence-corrected chi connectivity index (χ4v) is 2.82. The third-order valence-corrected chi connectivity index (χ3v) is 4.33. The van der Waals surface area contributed by atoms with Gasteiger partial charge in [0.2, 0.25) is 5.91 Å². The van der Waals surface area contributed by atoms with Crippen molar-refractivity contribution in [2.45, 2.75) is 38.1 Å². The predicted molar refractivity (Wildman–Crippen MR) is 59.8 cm³/mol. The first kappa shape index (κ1) is 10.5. The van der Waals surface area contributed by atoms with Crippen molar-refractivity contribution in [3.8, 4) is 0 Å². The van der Waals surface area contributed by atoms with Crippen LogP contribution in [0.3, 0.4) is 0 Å². The van der Waals surface area contributed by atoms with E-state index >= 15 is 0 Å². The minimum atomic E-state index is -0.137. The maximum absolute atomic E-state index is 12.1. The van der Waals surface area contributed by atoms with Crippen molar-refractivity contribution >= 4 is 5.91 Å². The third kappa shape index (κ3) is 1.64. The van der Waals surface area contributed by atoms with Crippen LogP contribution in [0.5, 0.6) is 0 Å². The van der Waals surface area contributed by atoms with E-state index in [1.807, 2.05) is 4.90 Å². The van der Waals surface area contributed by atoms with Crippen LogP contribution >= 0.6 is 0 Å². The van der Waals surface area contributed by atoms with Gasteiger partial charge in [0.05, 0.1) is 12.2 Å². The van der Waals surface area contributed by atoms with Crippen LogP contribution in [0.2, 0.25) is 0 Å². The molecule has 3 fully saturated rings. The van der Waals surface area contributed by atoms with E-state index < -0.39 is 0 Å². The van der Waals surface area contributed by atoms with E-state index in [4.69, 9.17) is 4.74 Å². The standard InChI is InChI=1S/C12H20N2O2/c1-11(4-6-16-7-5-11)8-14-9-13-12(2-3-12)10(14)15/h13H,2-9H2,1H3. The Morgan fingerprint density at radius 3 is 2.56 bits per heavy atom. The second-order valence-corrected chi connectivity index (χ2v) is 5.84. The lowest BCUT2D eigenvalue weighted by molar-refractivity contribution is -0.131. The molecule has 4 nitrogen and oxygen atoms in total. The topological polar surface area (TPSA) is 41.6 Å². The SMILES string of the molecule is CC1(CN2CNC3(CC3)C2=O)CCOCC1. The molecular weight excluding hydrogens is 204 g/mol. The number of amides is 1. The zero-order valence-corrected chi connectivity index (χ0v) is 9.92. The lowest BCUT2D eigenvalue weighted by Gasteiger charge is -2.36. The van der Waals surface area contributed by atoms with Crippen LogP contribution in [0.1, 0.15) is 32.6 Å². The van der Waals surface area contributed by atoms with E-state index in [9.17, 15) is 4.79 Å². The first-order chi connectivity index (χ1) is 7.64. The molecule has 1 spiro atoms. The van der Waals surface area contributed by atoms with Crippen LogP contribution in [0.4, 0.5) is 0 Å². The van der Waals surface area contributed by atoms with Crippen LogP contribution in [-0.2, 0) is 9.53 Å². The number of carbonyl (C=O) groups excluding carboxylic acids is 1. The summed E-state index contributed by atoms with van der Waals surface area (Å²) in [5.74, 6) is 0.334. The molecule has 1 saturated carbocycles. The average molecular weight is 224 g/mol. The number of hydrogen-bond acceptors (Lipinski definition) is 3. The Morgan fingerprint density at radius 2 is 2.00 bits per heavy atom. The molecule has 2 aliphatic heterocycles. The van der Waals surface area contributed by atoms with Crippen molar-refractivity contribution in [3.05, 3.63) is 0 Å². The molecule has 0 atom stereocenters. The molecule has 1 amide bonds. The molecule has 0 unspecified atom stereocenters. The second kappa shape index (κ2) is 3.44. The van der Waals surface area contributed by atoms with Crippen molar-refractivity contribution in [2.75, 3.05) is 26.4 Å². The van der Waals surface area contributed by atoms with Crippen molar-refractivity contribution in [1.82, 2.24) is 10.2 Å². The molecule has 90 valence electrons. The van der Waals surface area contributed by atoms with Crippen molar-refractivity contribution in [2.24, 2.45) is 5.41 Å². The molecule has 3 rings (SSSR count). The Bertz CT molecular complexity index is 306. The number of nitrogens with zero attached hydrogens (tertiary/aromatic N) is 1. The van der Waals surface area contributed by atoms with Gasteiger partial charge in [-0.2, -0.15) is 0 Å². The van der Waals surface area contributed by atoms with Crippen molar-refractivity contribution < 1.29 is 9.53 Å². The van der Waals surface area contributed by atoms with E-state index in [0.717, 1.165) is 52.1 Å². The van der Waals surface area contributed by atoms with Gasteiger partial charge in [-0.3, -0.25) is 10.1 Å². The minimum absolute atomic E-state index is 0.137. The fraction of sp³-hybridized carbons (Fsp3) is 0.917. The van der Waals surface area contributed by atoms with Crippen LogP contribution in [0.15, 0.2) is 0 Å². The first-order valence-electron chi connectivity index (χ1n) is 6.26. The molecule has 0 radical (unpaired) electrons. The van der Waals surface area contributed by atoms with Crippen molar-refractivity contribution in [1.29, 1.82) is 0 Å². The Morgan fingerprint density at radius 1 is 1.31 bits per heavy atom. The van der Waals surface area contributed by atoms with E-state index in [1.54, 1.807) is 0 Å². The number of nitrogens with one attached hydrogen (secondary N) is 1. The number of ether oxygens (including phenoxy) is 1. The number of hydrogen-bond donors (Lipinski definition) is 1.